The van der Waals surface area contributed by atoms with E-state index in [9.17, 15) is 4.79 Å². The minimum absolute atomic E-state index is 0.135. The van der Waals surface area contributed by atoms with Crippen molar-refractivity contribution in [1.82, 2.24) is 4.90 Å². The van der Waals surface area contributed by atoms with Crippen LogP contribution in [0.5, 0.6) is 0 Å². The molecular weight excluding hydrogens is 178 g/mol. The number of carbonyl (C=O) groups excluding carboxylic acids is 1. The van der Waals surface area contributed by atoms with Crippen molar-refractivity contribution in [2.24, 2.45) is 5.41 Å². The van der Waals surface area contributed by atoms with Crippen LogP contribution in [-0.2, 0) is 9.53 Å². The summed E-state index contributed by atoms with van der Waals surface area (Å²) in [6.45, 7) is 10.2. The molecule has 0 heterocycles. The first-order valence-electron chi connectivity index (χ1n) is 5.19. The molecule has 0 aliphatic heterocycles. The van der Waals surface area contributed by atoms with Gasteiger partial charge in [0.05, 0.1) is 13.2 Å². The van der Waals surface area contributed by atoms with Crippen LogP contribution in [0.1, 0.15) is 34.1 Å². The van der Waals surface area contributed by atoms with Crippen LogP contribution in [0.4, 0.5) is 0 Å². The van der Waals surface area contributed by atoms with Gasteiger partial charge < -0.3 is 4.74 Å². The van der Waals surface area contributed by atoms with Crippen LogP contribution < -0.4 is 0 Å². The maximum Gasteiger partial charge on any atom is 0.320 e. The summed E-state index contributed by atoms with van der Waals surface area (Å²) in [5.74, 6) is -0.135. The van der Waals surface area contributed by atoms with Gasteiger partial charge in [-0.15, -0.1) is 0 Å². The Labute approximate surface area is 87.4 Å². The van der Waals surface area contributed by atoms with Crippen LogP contribution in [0.15, 0.2) is 0 Å². The molecule has 3 heteroatoms. The summed E-state index contributed by atoms with van der Waals surface area (Å²) in [6.07, 6.45) is 1.09. The fourth-order valence-electron chi connectivity index (χ4n) is 1.03. The molecule has 0 bridgehead atoms. The Hall–Kier alpha value is -0.570. The molecule has 0 N–H and O–H groups in total. The summed E-state index contributed by atoms with van der Waals surface area (Å²) >= 11 is 0. The third-order valence-electron chi connectivity index (χ3n) is 1.95. The van der Waals surface area contributed by atoms with Gasteiger partial charge in [0.2, 0.25) is 0 Å². The Morgan fingerprint density at radius 1 is 1.36 bits per heavy atom. The maximum atomic E-state index is 11.1. The molecule has 0 spiro atoms. The number of carbonyl (C=O) groups is 1. The van der Waals surface area contributed by atoms with E-state index in [-0.39, 0.29) is 5.97 Å². The highest BCUT2D eigenvalue weighted by Gasteiger charge is 2.13. The number of rotatable bonds is 5. The van der Waals surface area contributed by atoms with Gasteiger partial charge in [0.25, 0.3) is 0 Å². The van der Waals surface area contributed by atoms with Gasteiger partial charge in [-0.05, 0) is 32.4 Å². The van der Waals surface area contributed by atoms with Gasteiger partial charge in [-0.2, -0.15) is 0 Å². The highest BCUT2D eigenvalue weighted by Crippen LogP contribution is 2.18. The van der Waals surface area contributed by atoms with Crippen molar-refractivity contribution in [2.45, 2.75) is 34.1 Å². The van der Waals surface area contributed by atoms with E-state index >= 15 is 0 Å². The summed E-state index contributed by atoms with van der Waals surface area (Å²) < 4.78 is 4.86. The lowest BCUT2D eigenvalue weighted by molar-refractivity contribution is -0.144. The van der Waals surface area contributed by atoms with E-state index in [1.807, 2.05) is 18.9 Å². The Morgan fingerprint density at radius 2 is 1.93 bits per heavy atom. The van der Waals surface area contributed by atoms with E-state index < -0.39 is 0 Å². The average molecular weight is 201 g/mol. The third kappa shape index (κ3) is 8.05. The number of hydrogen-bond donors (Lipinski definition) is 0. The van der Waals surface area contributed by atoms with Crippen LogP contribution in [-0.4, -0.2) is 37.6 Å². The first-order valence-corrected chi connectivity index (χ1v) is 5.19. The summed E-state index contributed by atoms with van der Waals surface area (Å²) in [7, 11) is 1.95. The Balaban J connectivity index is 3.65. The first kappa shape index (κ1) is 13.4. The van der Waals surface area contributed by atoms with E-state index in [0.29, 0.717) is 18.6 Å². The third-order valence-corrected chi connectivity index (χ3v) is 1.95. The van der Waals surface area contributed by atoms with Gasteiger partial charge in [-0.3, -0.25) is 9.69 Å². The van der Waals surface area contributed by atoms with Gasteiger partial charge in [-0.1, -0.05) is 20.8 Å². The van der Waals surface area contributed by atoms with Crippen molar-refractivity contribution in [2.75, 3.05) is 26.7 Å². The fraction of sp³-hybridized carbons (Fsp3) is 0.909. The molecule has 0 rings (SSSR count). The van der Waals surface area contributed by atoms with Crippen molar-refractivity contribution in [3.63, 3.8) is 0 Å². The molecule has 0 aliphatic carbocycles. The summed E-state index contributed by atoms with van der Waals surface area (Å²) in [5, 5.41) is 0. The molecule has 0 unspecified atom stereocenters. The SMILES string of the molecule is CCOC(=O)CN(C)CCC(C)(C)C. The Bertz CT molecular complexity index is 173. The van der Waals surface area contributed by atoms with E-state index in [4.69, 9.17) is 4.74 Å². The second kappa shape index (κ2) is 6.02. The molecule has 0 amide bonds. The van der Waals surface area contributed by atoms with Crippen LogP contribution in [0.2, 0.25) is 0 Å². The molecule has 0 fully saturated rings. The van der Waals surface area contributed by atoms with Gasteiger partial charge in [0.1, 0.15) is 0 Å². The van der Waals surface area contributed by atoms with Crippen molar-refractivity contribution < 1.29 is 9.53 Å². The lowest BCUT2D eigenvalue weighted by atomic mass is 9.92. The molecule has 14 heavy (non-hydrogen) atoms. The maximum absolute atomic E-state index is 11.1. The van der Waals surface area contributed by atoms with E-state index in [0.717, 1.165) is 13.0 Å². The second-order valence-electron chi connectivity index (χ2n) is 4.85. The predicted molar refractivity (Wildman–Crippen MR) is 58.2 cm³/mol. The minimum Gasteiger partial charge on any atom is -0.465 e. The monoisotopic (exact) mass is 201 g/mol. The number of likely N-dealkylation sites (N-methyl/N-ethyl adjacent to an activating group) is 1. The molecule has 0 aliphatic rings. The number of hydrogen-bond acceptors (Lipinski definition) is 3. The Kier molecular flexibility index (Phi) is 5.77. The van der Waals surface area contributed by atoms with Crippen molar-refractivity contribution in [3.05, 3.63) is 0 Å². The van der Waals surface area contributed by atoms with Crippen LogP contribution in [0, 0.1) is 5.41 Å². The number of esters is 1. The summed E-state index contributed by atoms with van der Waals surface area (Å²) in [4.78, 5) is 13.1. The number of ether oxygens (including phenoxy) is 1. The topological polar surface area (TPSA) is 29.5 Å². The van der Waals surface area contributed by atoms with Gasteiger partial charge in [-0.25, -0.2) is 0 Å². The standard InChI is InChI=1S/C11H23NO2/c1-6-14-10(13)9-12(5)8-7-11(2,3)4/h6-9H2,1-5H3. The molecule has 0 saturated heterocycles. The van der Waals surface area contributed by atoms with Crippen LogP contribution >= 0.6 is 0 Å². The van der Waals surface area contributed by atoms with E-state index in [1.165, 1.54) is 0 Å². The molecule has 3 nitrogen and oxygen atoms in total. The quantitative estimate of drug-likeness (QED) is 0.636. The first-order chi connectivity index (χ1) is 6.35. The zero-order valence-corrected chi connectivity index (χ0v) is 10.1. The molecule has 0 aromatic heterocycles. The average Bonchev–Trinajstić information content (AvgIpc) is 2.00. The highest BCUT2D eigenvalue weighted by molar-refractivity contribution is 5.71. The molecule has 84 valence electrons. The molecule has 0 atom stereocenters. The molecular formula is C11H23NO2. The zero-order valence-electron chi connectivity index (χ0n) is 10.1. The number of nitrogens with zero attached hydrogens (tertiary/aromatic N) is 1. The van der Waals surface area contributed by atoms with Crippen molar-refractivity contribution in [3.8, 4) is 0 Å². The minimum atomic E-state index is -0.135. The van der Waals surface area contributed by atoms with Gasteiger partial charge in [0, 0.05) is 0 Å². The van der Waals surface area contributed by atoms with Gasteiger partial charge >= 0.3 is 5.97 Å². The summed E-state index contributed by atoms with van der Waals surface area (Å²) in [5.41, 5.74) is 0.322. The van der Waals surface area contributed by atoms with Gasteiger partial charge in [0.15, 0.2) is 0 Å². The van der Waals surface area contributed by atoms with Crippen molar-refractivity contribution in [1.29, 1.82) is 0 Å². The second-order valence-corrected chi connectivity index (χ2v) is 4.85. The van der Waals surface area contributed by atoms with E-state index in [1.54, 1.807) is 0 Å². The lowest BCUT2D eigenvalue weighted by Crippen LogP contribution is -2.30. The largest absolute Gasteiger partial charge is 0.465 e. The predicted octanol–water partition coefficient (Wildman–Crippen LogP) is 1.92. The molecule has 0 aromatic carbocycles. The molecule has 0 radical (unpaired) electrons. The zero-order chi connectivity index (χ0) is 11.2. The van der Waals surface area contributed by atoms with Crippen molar-refractivity contribution >= 4 is 5.97 Å². The van der Waals surface area contributed by atoms with Crippen LogP contribution in [0.3, 0.4) is 0 Å². The smallest absolute Gasteiger partial charge is 0.320 e. The lowest BCUT2D eigenvalue weighted by Gasteiger charge is -2.22. The molecule has 0 saturated carbocycles. The van der Waals surface area contributed by atoms with Crippen LogP contribution in [0.25, 0.3) is 0 Å². The summed E-state index contributed by atoms with van der Waals surface area (Å²) in [6, 6.07) is 0. The Morgan fingerprint density at radius 3 is 2.36 bits per heavy atom. The molecule has 0 aromatic rings. The van der Waals surface area contributed by atoms with E-state index in [2.05, 4.69) is 20.8 Å². The normalized spacial score (nSPS) is 11.9. The highest BCUT2D eigenvalue weighted by atomic mass is 16.5. The fourth-order valence-corrected chi connectivity index (χ4v) is 1.03.